The third-order valence-electron chi connectivity index (χ3n) is 3.66. The molecule has 1 rings (SSSR count). The molecule has 0 amide bonds. The number of carbonyl (C=O) groups is 1. The van der Waals surface area contributed by atoms with E-state index in [2.05, 4.69) is 0 Å². The minimum Gasteiger partial charge on any atom is -0.297 e. The monoisotopic (exact) mass is 271 g/mol. The van der Waals surface area contributed by atoms with Crippen LogP contribution >= 0.6 is 11.6 Å². The lowest BCUT2D eigenvalue weighted by atomic mass is 9.88. The first-order valence-corrected chi connectivity index (χ1v) is 6.34. The summed E-state index contributed by atoms with van der Waals surface area (Å²) in [6.45, 7) is 3.85. The molecule has 0 saturated carbocycles. The van der Waals surface area contributed by atoms with Crippen LogP contribution in [0.25, 0.3) is 0 Å². The maximum atomic E-state index is 13.3. The van der Waals surface area contributed by atoms with Crippen LogP contribution in [0.2, 0.25) is 5.02 Å². The number of rotatable bonds is 5. The number of ketones is 1. The quantitative estimate of drug-likeness (QED) is 0.819. The molecule has 18 heavy (non-hydrogen) atoms. The van der Waals surface area contributed by atoms with E-state index in [4.69, 9.17) is 11.6 Å². The van der Waals surface area contributed by atoms with Crippen LogP contribution in [0.15, 0.2) is 18.2 Å². The largest absolute Gasteiger partial charge is 0.297 e. The Morgan fingerprint density at radius 2 is 2.06 bits per heavy atom. The molecule has 100 valence electrons. The Kier molecular flexibility index (Phi) is 4.88. The predicted molar refractivity (Wildman–Crippen MR) is 72.5 cm³/mol. The molecule has 0 heterocycles. The second kappa shape index (κ2) is 5.81. The van der Waals surface area contributed by atoms with E-state index in [1.807, 2.05) is 32.8 Å². The third kappa shape index (κ3) is 2.90. The van der Waals surface area contributed by atoms with Crippen molar-refractivity contribution in [2.24, 2.45) is 0 Å². The molecule has 1 unspecified atom stereocenters. The van der Waals surface area contributed by atoms with Gasteiger partial charge in [0.1, 0.15) is 5.82 Å². The minimum atomic E-state index is -0.546. The first kappa shape index (κ1) is 15.1. The molecule has 0 bridgehead atoms. The Hall–Kier alpha value is -0.930. The molecular weight excluding hydrogens is 253 g/mol. The summed E-state index contributed by atoms with van der Waals surface area (Å²) in [5, 5.41) is 0.0445. The zero-order chi connectivity index (χ0) is 13.9. The highest BCUT2D eigenvalue weighted by molar-refractivity contribution is 6.31. The van der Waals surface area contributed by atoms with Crippen molar-refractivity contribution < 1.29 is 9.18 Å². The topological polar surface area (TPSA) is 20.3 Å². The van der Waals surface area contributed by atoms with Crippen LogP contribution in [0.3, 0.4) is 0 Å². The smallest absolute Gasteiger partial charge is 0.157 e. The molecule has 0 spiro atoms. The van der Waals surface area contributed by atoms with Gasteiger partial charge in [-0.3, -0.25) is 9.69 Å². The summed E-state index contributed by atoms with van der Waals surface area (Å²) in [7, 11) is 3.74. The molecule has 1 aromatic rings. The van der Waals surface area contributed by atoms with Gasteiger partial charge in [-0.05, 0) is 39.1 Å². The third-order valence-corrected chi connectivity index (χ3v) is 4.08. The molecule has 0 N–H and O–H groups in total. The molecule has 0 radical (unpaired) electrons. The van der Waals surface area contributed by atoms with Gasteiger partial charge >= 0.3 is 0 Å². The van der Waals surface area contributed by atoms with Crippen molar-refractivity contribution >= 4 is 17.4 Å². The van der Waals surface area contributed by atoms with E-state index in [9.17, 15) is 9.18 Å². The lowest BCUT2D eigenvalue weighted by Crippen LogP contribution is -2.48. The van der Waals surface area contributed by atoms with Crippen molar-refractivity contribution in [3.8, 4) is 0 Å². The first-order valence-electron chi connectivity index (χ1n) is 5.96. The highest BCUT2D eigenvalue weighted by atomic mass is 35.5. The number of nitrogens with zero attached hydrogens (tertiary/aromatic N) is 1. The van der Waals surface area contributed by atoms with Gasteiger partial charge in [-0.1, -0.05) is 30.7 Å². The summed E-state index contributed by atoms with van der Waals surface area (Å²) in [4.78, 5) is 14.2. The highest BCUT2D eigenvalue weighted by Gasteiger charge is 2.33. The molecule has 0 fully saturated rings. The van der Waals surface area contributed by atoms with Crippen molar-refractivity contribution in [2.75, 3.05) is 14.1 Å². The Morgan fingerprint density at radius 3 is 2.56 bits per heavy atom. The second-order valence-electron chi connectivity index (χ2n) is 4.83. The van der Waals surface area contributed by atoms with E-state index < -0.39 is 11.4 Å². The molecule has 1 aromatic carbocycles. The molecule has 1 atom stereocenters. The van der Waals surface area contributed by atoms with Crippen LogP contribution in [0.1, 0.15) is 25.8 Å². The van der Waals surface area contributed by atoms with Crippen LogP contribution in [-0.2, 0) is 11.2 Å². The van der Waals surface area contributed by atoms with E-state index >= 15 is 0 Å². The van der Waals surface area contributed by atoms with Crippen LogP contribution in [0, 0.1) is 5.82 Å². The van der Waals surface area contributed by atoms with Gasteiger partial charge < -0.3 is 0 Å². The van der Waals surface area contributed by atoms with Gasteiger partial charge in [0.25, 0.3) is 0 Å². The number of carbonyl (C=O) groups excluding carboxylic acids is 1. The predicted octanol–water partition coefficient (Wildman–Crippen LogP) is 3.32. The SMILES string of the molecule is CCC(C)(C(=O)Cc1cccc(F)c1Cl)N(C)C. The van der Waals surface area contributed by atoms with Crippen molar-refractivity contribution in [1.29, 1.82) is 0 Å². The van der Waals surface area contributed by atoms with E-state index in [1.165, 1.54) is 6.07 Å². The van der Waals surface area contributed by atoms with Crippen molar-refractivity contribution in [2.45, 2.75) is 32.2 Å². The maximum Gasteiger partial charge on any atom is 0.157 e. The summed E-state index contributed by atoms with van der Waals surface area (Å²) in [5.41, 5.74) is -0.00136. The van der Waals surface area contributed by atoms with E-state index in [0.29, 0.717) is 12.0 Å². The van der Waals surface area contributed by atoms with E-state index in [0.717, 1.165) is 0 Å². The molecule has 0 saturated heterocycles. The summed E-state index contributed by atoms with van der Waals surface area (Å²) < 4.78 is 13.3. The zero-order valence-corrected chi connectivity index (χ0v) is 12.0. The molecule has 0 aliphatic heterocycles. The number of benzene rings is 1. The van der Waals surface area contributed by atoms with Crippen molar-refractivity contribution in [3.63, 3.8) is 0 Å². The minimum absolute atomic E-state index is 0.0440. The summed E-state index contributed by atoms with van der Waals surface area (Å²) in [5.74, 6) is -0.437. The first-order chi connectivity index (χ1) is 8.32. The summed E-state index contributed by atoms with van der Waals surface area (Å²) >= 11 is 5.87. The lowest BCUT2D eigenvalue weighted by molar-refractivity contribution is -0.128. The fourth-order valence-electron chi connectivity index (χ4n) is 1.81. The fourth-order valence-corrected chi connectivity index (χ4v) is 2.00. The Balaban J connectivity index is 2.97. The zero-order valence-electron chi connectivity index (χ0n) is 11.3. The average Bonchev–Trinajstić information content (AvgIpc) is 2.33. The molecule has 0 aliphatic carbocycles. The normalized spacial score (nSPS) is 14.6. The average molecular weight is 272 g/mol. The molecular formula is C14H19ClFNO. The second-order valence-corrected chi connectivity index (χ2v) is 5.21. The van der Waals surface area contributed by atoms with Gasteiger partial charge in [-0.25, -0.2) is 4.39 Å². The molecule has 0 aliphatic rings. The summed E-state index contributed by atoms with van der Waals surface area (Å²) in [6, 6.07) is 4.55. The van der Waals surface area contributed by atoms with E-state index in [-0.39, 0.29) is 17.2 Å². The number of Topliss-reactive ketones (excluding diaryl/α,β-unsaturated/α-hetero) is 1. The van der Waals surface area contributed by atoms with Gasteiger partial charge in [-0.15, -0.1) is 0 Å². The van der Waals surface area contributed by atoms with Crippen LogP contribution in [0.4, 0.5) is 4.39 Å². The number of halogens is 2. The summed E-state index contributed by atoms with van der Waals surface area (Å²) in [6.07, 6.45) is 0.852. The van der Waals surface area contributed by atoms with Crippen LogP contribution in [-0.4, -0.2) is 30.3 Å². The van der Waals surface area contributed by atoms with Gasteiger partial charge in [-0.2, -0.15) is 0 Å². The molecule has 2 nitrogen and oxygen atoms in total. The Bertz CT molecular complexity index is 447. The lowest BCUT2D eigenvalue weighted by Gasteiger charge is -2.34. The number of hydrogen-bond acceptors (Lipinski definition) is 2. The van der Waals surface area contributed by atoms with E-state index in [1.54, 1.807) is 12.1 Å². The molecule has 4 heteroatoms. The maximum absolute atomic E-state index is 13.3. The van der Waals surface area contributed by atoms with Crippen molar-refractivity contribution in [3.05, 3.63) is 34.6 Å². The molecule has 0 aromatic heterocycles. The number of likely N-dealkylation sites (N-methyl/N-ethyl adjacent to an activating group) is 1. The fraction of sp³-hybridized carbons (Fsp3) is 0.500. The highest BCUT2D eigenvalue weighted by Crippen LogP contribution is 2.24. The van der Waals surface area contributed by atoms with Crippen LogP contribution < -0.4 is 0 Å². The van der Waals surface area contributed by atoms with Gasteiger partial charge in [0.2, 0.25) is 0 Å². The van der Waals surface area contributed by atoms with Gasteiger partial charge in [0.15, 0.2) is 5.78 Å². The Labute approximate surface area is 113 Å². The van der Waals surface area contributed by atoms with Crippen LogP contribution in [0.5, 0.6) is 0 Å². The van der Waals surface area contributed by atoms with Crippen molar-refractivity contribution in [1.82, 2.24) is 4.90 Å². The standard InChI is InChI=1S/C14H19ClFNO/c1-5-14(2,17(3)4)12(18)9-10-7-6-8-11(16)13(10)15/h6-8H,5,9H2,1-4H3. The van der Waals surface area contributed by atoms with Gasteiger partial charge in [0, 0.05) is 6.42 Å². The Morgan fingerprint density at radius 1 is 1.44 bits per heavy atom. The van der Waals surface area contributed by atoms with Gasteiger partial charge in [0.05, 0.1) is 10.6 Å². The number of hydrogen-bond donors (Lipinski definition) is 0.